The van der Waals surface area contributed by atoms with Gasteiger partial charge in [0.2, 0.25) is 5.95 Å². The molecule has 0 amide bonds. The molecule has 0 aliphatic carbocycles. The van der Waals surface area contributed by atoms with Crippen LogP contribution in [0.3, 0.4) is 0 Å². The van der Waals surface area contributed by atoms with Crippen molar-refractivity contribution in [3.8, 4) is 39.7 Å². The van der Waals surface area contributed by atoms with E-state index in [-0.39, 0.29) is 21.1 Å². The summed E-state index contributed by atoms with van der Waals surface area (Å²) in [4.78, 5) is 13.7. The Morgan fingerprint density at radius 1 is 0.483 bits per heavy atom. The Kier molecular flexibility index (Phi) is 9.04. The molecule has 7 heteroatoms. The monoisotopic (exact) mass is 925 g/mol. The van der Waals surface area contributed by atoms with Gasteiger partial charge in [-0.15, -0.1) is 48.1 Å². The predicted octanol–water partition coefficient (Wildman–Crippen LogP) is 12.9. The van der Waals surface area contributed by atoms with E-state index in [1.165, 1.54) is 5.39 Å². The van der Waals surface area contributed by atoms with E-state index >= 15 is 0 Å². The first kappa shape index (κ1) is 35.4. The molecule has 0 saturated heterocycles. The Balaban J connectivity index is 0.00000408. The predicted molar refractivity (Wildman–Crippen MR) is 230 cm³/mol. The van der Waals surface area contributed by atoms with Gasteiger partial charge in [0.05, 0.1) is 0 Å². The van der Waals surface area contributed by atoms with Gasteiger partial charge >= 0.3 is 0 Å². The number of anilines is 4. The van der Waals surface area contributed by atoms with Crippen molar-refractivity contribution in [3.63, 3.8) is 0 Å². The summed E-state index contributed by atoms with van der Waals surface area (Å²) in [5.41, 5.74) is 10.5. The zero-order chi connectivity index (χ0) is 37.7. The third-order valence-electron chi connectivity index (χ3n) is 10.6. The van der Waals surface area contributed by atoms with Crippen molar-refractivity contribution in [1.82, 2.24) is 14.5 Å². The first-order valence-electron chi connectivity index (χ1n) is 18.9. The van der Waals surface area contributed by atoms with Crippen molar-refractivity contribution >= 4 is 55.3 Å². The molecule has 0 N–H and O–H groups in total. The van der Waals surface area contributed by atoms with E-state index in [9.17, 15) is 0 Å². The van der Waals surface area contributed by atoms with E-state index in [2.05, 4.69) is 178 Å². The number of aromatic nitrogens is 3. The van der Waals surface area contributed by atoms with Crippen LogP contribution in [-0.2, 0) is 21.1 Å². The van der Waals surface area contributed by atoms with Crippen LogP contribution in [0, 0.1) is 18.8 Å². The summed E-state index contributed by atoms with van der Waals surface area (Å²) in [6.07, 6.45) is 3.51. The molecule has 8 aromatic carbocycles. The Morgan fingerprint density at radius 2 is 1.14 bits per heavy atom. The van der Waals surface area contributed by atoms with Crippen molar-refractivity contribution in [2.75, 3.05) is 9.80 Å². The second-order valence-corrected chi connectivity index (χ2v) is 13.9. The summed E-state index contributed by atoms with van der Waals surface area (Å²) >= 11 is 0. The number of hydrogen-bond donors (Lipinski definition) is 0. The van der Waals surface area contributed by atoms with Crippen LogP contribution in [0.5, 0.6) is 11.5 Å². The molecule has 58 heavy (non-hydrogen) atoms. The summed E-state index contributed by atoms with van der Waals surface area (Å²) in [5, 5.41) is 4.47. The fourth-order valence-electron chi connectivity index (χ4n) is 8.10. The van der Waals surface area contributed by atoms with Gasteiger partial charge in [0, 0.05) is 84.0 Å². The van der Waals surface area contributed by atoms with Crippen LogP contribution in [0.2, 0.25) is 0 Å². The van der Waals surface area contributed by atoms with Crippen molar-refractivity contribution in [2.24, 2.45) is 0 Å². The van der Waals surface area contributed by atoms with Gasteiger partial charge in [0.15, 0.2) is 0 Å². The van der Waals surface area contributed by atoms with E-state index < -0.39 is 0 Å². The van der Waals surface area contributed by atoms with Gasteiger partial charge in [0.25, 0.3) is 0 Å². The summed E-state index contributed by atoms with van der Waals surface area (Å²) < 4.78 is 8.61. The van der Waals surface area contributed by atoms with Crippen molar-refractivity contribution in [3.05, 3.63) is 207 Å². The number of fused-ring (bicyclic) bond motifs is 6. The number of nitrogens with zero attached hydrogens (tertiary/aromatic N) is 5. The van der Waals surface area contributed by atoms with Crippen molar-refractivity contribution in [1.29, 1.82) is 0 Å². The molecule has 1 aliphatic rings. The molecule has 3 heterocycles. The number of para-hydroxylation sites is 2. The van der Waals surface area contributed by atoms with Crippen LogP contribution in [0.25, 0.3) is 60.8 Å². The molecular formula is C51H32N5OPt-3. The van der Waals surface area contributed by atoms with Gasteiger partial charge in [-0.3, -0.25) is 0 Å². The quantitative estimate of drug-likeness (QED) is 0.149. The molecule has 0 radical (unpaired) electrons. The third kappa shape index (κ3) is 6.01. The normalized spacial score (nSPS) is 12.2. The number of hydrogen-bond acceptors (Lipinski definition) is 5. The van der Waals surface area contributed by atoms with Gasteiger partial charge in [-0.1, -0.05) is 133 Å². The first-order valence-corrected chi connectivity index (χ1v) is 18.9. The Hall–Kier alpha value is -7.01. The number of benzene rings is 8. The maximum Gasteiger partial charge on any atom is 0.232 e. The van der Waals surface area contributed by atoms with Gasteiger partial charge in [0.1, 0.15) is 0 Å². The fourth-order valence-corrected chi connectivity index (χ4v) is 8.10. The standard InChI is InChI=1S/C51H32N5O.Pt/c1-3-14-35(15-4-1)41-23-12-24-42(36-16-5-2-6-17-36)49(41)55-34-54(47-29-26-37-18-7-8-21-43(37)50(47)55)38-19-11-20-39(32-38)57-40-27-28-45-44-22-9-10-25-46(44)56(48(45)33-40)51-52-30-13-31-53-51;/h1-31,34H;/q-3;. The van der Waals surface area contributed by atoms with E-state index in [4.69, 9.17) is 4.74 Å². The van der Waals surface area contributed by atoms with E-state index in [0.717, 1.165) is 72.2 Å². The van der Waals surface area contributed by atoms with E-state index in [0.29, 0.717) is 17.4 Å². The molecule has 0 bridgehead atoms. The van der Waals surface area contributed by atoms with Gasteiger partial charge < -0.3 is 19.1 Å². The minimum Gasteiger partial charge on any atom is -0.509 e. The second-order valence-electron chi connectivity index (χ2n) is 13.9. The molecule has 0 saturated carbocycles. The maximum atomic E-state index is 6.58. The van der Waals surface area contributed by atoms with Crippen molar-refractivity contribution in [2.45, 2.75) is 0 Å². The SMILES string of the molecule is [Pt].[c-]1c(Oc2[c-]c3c(cc2)c2ccccc2n3-c2ncccn2)cccc1N1[CH-]N(c2c(-c3ccccc3)cccc2-c2ccccc2)c2c1ccc1ccccc21. The number of ether oxygens (including phenoxy) is 1. The average molecular weight is 926 g/mol. The van der Waals surface area contributed by atoms with Gasteiger partial charge in [-0.25, -0.2) is 9.97 Å². The van der Waals surface area contributed by atoms with Crippen LogP contribution in [0.15, 0.2) is 188 Å². The first-order chi connectivity index (χ1) is 28.3. The van der Waals surface area contributed by atoms with E-state index in [1.54, 1.807) is 12.4 Å². The molecule has 10 aromatic rings. The molecular weight excluding hydrogens is 894 g/mol. The smallest absolute Gasteiger partial charge is 0.232 e. The number of rotatable bonds is 7. The largest absolute Gasteiger partial charge is 0.509 e. The van der Waals surface area contributed by atoms with Crippen molar-refractivity contribution < 1.29 is 25.8 Å². The molecule has 0 unspecified atom stereocenters. The van der Waals surface area contributed by atoms with E-state index in [1.807, 2.05) is 41.0 Å². The minimum atomic E-state index is 0. The molecule has 1 aliphatic heterocycles. The Morgan fingerprint density at radius 3 is 1.90 bits per heavy atom. The molecule has 11 rings (SSSR count). The molecule has 0 fully saturated rings. The second kappa shape index (κ2) is 14.8. The Labute approximate surface area is 350 Å². The van der Waals surface area contributed by atoms with Crippen LogP contribution in [0.1, 0.15) is 0 Å². The molecule has 2 aromatic heterocycles. The summed E-state index contributed by atoms with van der Waals surface area (Å²) in [6.45, 7) is 2.19. The minimum absolute atomic E-state index is 0. The van der Waals surface area contributed by atoms with Crippen LogP contribution in [0.4, 0.5) is 22.7 Å². The molecule has 0 atom stereocenters. The molecule has 280 valence electrons. The van der Waals surface area contributed by atoms with Crippen LogP contribution in [-0.4, -0.2) is 14.5 Å². The van der Waals surface area contributed by atoms with Crippen LogP contribution >= 0.6 is 0 Å². The zero-order valence-electron chi connectivity index (χ0n) is 30.9. The summed E-state index contributed by atoms with van der Waals surface area (Å²) in [7, 11) is 0. The molecule has 6 nitrogen and oxygen atoms in total. The summed E-state index contributed by atoms with van der Waals surface area (Å²) in [5.74, 6) is 1.72. The zero-order valence-corrected chi connectivity index (χ0v) is 33.2. The molecule has 0 spiro atoms. The van der Waals surface area contributed by atoms with Gasteiger partial charge in [-0.2, -0.15) is 12.1 Å². The summed E-state index contributed by atoms with van der Waals surface area (Å²) in [6, 6.07) is 68.1. The third-order valence-corrected chi connectivity index (χ3v) is 10.6. The van der Waals surface area contributed by atoms with Gasteiger partial charge in [-0.05, 0) is 40.1 Å². The van der Waals surface area contributed by atoms with Crippen LogP contribution < -0.4 is 14.5 Å². The average Bonchev–Trinajstić information content (AvgIpc) is 3.83. The topological polar surface area (TPSA) is 46.4 Å². The Bertz CT molecular complexity index is 3040. The maximum absolute atomic E-state index is 6.58. The fraction of sp³-hybridized carbons (Fsp3) is 0.